The van der Waals surface area contributed by atoms with E-state index in [4.69, 9.17) is 23.2 Å². The van der Waals surface area contributed by atoms with Crippen LogP contribution < -0.4 is 10.6 Å². The molecule has 0 aliphatic carbocycles. The Balaban J connectivity index is 2.49. The average molecular weight is 557 g/mol. The van der Waals surface area contributed by atoms with Crippen LogP contribution >= 0.6 is 23.2 Å². The van der Waals surface area contributed by atoms with Crippen LogP contribution in [0.5, 0.6) is 0 Å². The van der Waals surface area contributed by atoms with Gasteiger partial charge in [-0.3, -0.25) is 4.79 Å². The number of hydrogen-bond acceptors (Lipinski definition) is 3. The Labute approximate surface area is 202 Å². The molecule has 0 bridgehead atoms. The lowest BCUT2D eigenvalue weighted by Gasteiger charge is -2.32. The van der Waals surface area contributed by atoms with Crippen LogP contribution in [0.4, 0.5) is 45.2 Å². The van der Waals surface area contributed by atoms with Crippen LogP contribution in [0, 0.1) is 0 Å². The minimum Gasteiger partial charge on any atom is -0.381 e. The van der Waals surface area contributed by atoms with Gasteiger partial charge in [-0.05, 0) is 35.4 Å². The lowest BCUT2D eigenvalue weighted by molar-refractivity contribution is -0.260. The van der Waals surface area contributed by atoms with Crippen LogP contribution in [0.1, 0.15) is 29.2 Å². The molecule has 194 valence electrons. The van der Waals surface area contributed by atoms with Crippen molar-refractivity contribution >= 4 is 34.8 Å². The van der Waals surface area contributed by atoms with E-state index in [2.05, 4.69) is 5.32 Å². The zero-order valence-electron chi connectivity index (χ0n) is 17.3. The number of hydrogen-bond donors (Lipinski definition) is 3. The lowest BCUT2D eigenvalue weighted by Crippen LogP contribution is -2.48. The summed E-state index contributed by atoms with van der Waals surface area (Å²) < 4.78 is 121. The van der Waals surface area contributed by atoms with Crippen LogP contribution in [-0.4, -0.2) is 23.7 Å². The number of aliphatic hydroxyl groups is 1. The summed E-state index contributed by atoms with van der Waals surface area (Å²) in [6, 6.07) is 2.60. The van der Waals surface area contributed by atoms with Gasteiger partial charge in [0.05, 0.1) is 27.7 Å². The molecule has 0 fully saturated rings. The third-order valence-electron chi connectivity index (χ3n) is 4.77. The second-order valence-corrected chi connectivity index (χ2v) is 8.09. The highest BCUT2D eigenvalue weighted by molar-refractivity contribution is 6.42. The van der Waals surface area contributed by atoms with Gasteiger partial charge in [-0.2, -0.15) is 39.5 Å². The number of rotatable bonds is 6. The molecule has 0 radical (unpaired) electrons. The van der Waals surface area contributed by atoms with Gasteiger partial charge in [0.15, 0.2) is 0 Å². The molecule has 0 saturated carbocycles. The smallest absolute Gasteiger partial charge is 0.381 e. The molecule has 0 heterocycles. The number of anilines is 1. The zero-order chi connectivity index (χ0) is 27.0. The first kappa shape index (κ1) is 28.9. The summed E-state index contributed by atoms with van der Waals surface area (Å²) in [6.07, 6.45) is -15.8. The second-order valence-electron chi connectivity index (χ2n) is 7.31. The highest BCUT2D eigenvalue weighted by Crippen LogP contribution is 2.45. The predicted molar refractivity (Wildman–Crippen MR) is 109 cm³/mol. The fourth-order valence-corrected chi connectivity index (χ4v) is 3.39. The van der Waals surface area contributed by atoms with Crippen molar-refractivity contribution in [2.45, 2.75) is 37.6 Å². The highest BCUT2D eigenvalue weighted by Gasteiger charge is 2.56. The fourth-order valence-electron chi connectivity index (χ4n) is 2.95. The monoisotopic (exact) mass is 556 g/mol. The summed E-state index contributed by atoms with van der Waals surface area (Å²) in [7, 11) is 0. The van der Waals surface area contributed by atoms with Gasteiger partial charge < -0.3 is 15.7 Å². The van der Waals surface area contributed by atoms with Crippen molar-refractivity contribution in [1.29, 1.82) is 0 Å². The van der Waals surface area contributed by atoms with Crippen molar-refractivity contribution in [2.75, 3.05) is 11.9 Å². The summed E-state index contributed by atoms with van der Waals surface area (Å²) >= 11 is 11.0. The number of benzene rings is 2. The van der Waals surface area contributed by atoms with Crippen molar-refractivity contribution < 1.29 is 49.4 Å². The Hall–Kier alpha value is -2.38. The molecule has 35 heavy (non-hydrogen) atoms. The molecular formula is C20H15Cl2F9N2O2. The van der Waals surface area contributed by atoms with E-state index in [0.717, 1.165) is 19.1 Å². The van der Waals surface area contributed by atoms with Crippen molar-refractivity contribution in [2.24, 2.45) is 0 Å². The number of alkyl halides is 9. The topological polar surface area (TPSA) is 61.4 Å². The SMILES string of the molecule is CC(=O)NCc1ccc(NC[C@](O)(c2cc(Cl)c(Cl)c(C(F)(F)F)c2)C(F)(F)F)cc1C(F)(F)F. The van der Waals surface area contributed by atoms with Gasteiger partial charge in [0.25, 0.3) is 0 Å². The van der Waals surface area contributed by atoms with Gasteiger partial charge in [0, 0.05) is 19.2 Å². The van der Waals surface area contributed by atoms with Gasteiger partial charge in [-0.25, -0.2) is 0 Å². The first-order valence-electron chi connectivity index (χ1n) is 9.31. The Morgan fingerprint density at radius 2 is 1.49 bits per heavy atom. The van der Waals surface area contributed by atoms with Crippen LogP contribution in [0.3, 0.4) is 0 Å². The molecule has 2 rings (SSSR count). The second kappa shape index (κ2) is 9.94. The Kier molecular flexibility index (Phi) is 8.19. The number of nitrogens with one attached hydrogen (secondary N) is 2. The van der Waals surface area contributed by atoms with Gasteiger partial charge in [-0.15, -0.1) is 0 Å². The molecule has 0 saturated heterocycles. The first-order chi connectivity index (χ1) is 15.8. The van der Waals surface area contributed by atoms with E-state index < -0.39 is 81.1 Å². The molecule has 0 aliphatic heterocycles. The van der Waals surface area contributed by atoms with Crippen LogP contribution in [0.25, 0.3) is 0 Å². The van der Waals surface area contributed by atoms with E-state index in [0.29, 0.717) is 12.1 Å². The molecule has 2 aromatic rings. The molecule has 0 aromatic heterocycles. The predicted octanol–water partition coefficient (Wildman–Crippen LogP) is 6.53. The van der Waals surface area contributed by atoms with Gasteiger partial charge in [0.2, 0.25) is 11.5 Å². The number of carbonyl (C=O) groups is 1. The molecule has 15 heteroatoms. The molecule has 2 aromatic carbocycles. The van der Waals surface area contributed by atoms with Gasteiger partial charge in [-0.1, -0.05) is 29.3 Å². The molecule has 0 spiro atoms. The van der Waals surface area contributed by atoms with Crippen molar-refractivity contribution in [1.82, 2.24) is 5.32 Å². The van der Waals surface area contributed by atoms with E-state index in [1.165, 1.54) is 0 Å². The Morgan fingerprint density at radius 3 is 1.97 bits per heavy atom. The Bertz CT molecular complexity index is 1100. The summed E-state index contributed by atoms with van der Waals surface area (Å²) in [5, 5.41) is 12.5. The van der Waals surface area contributed by atoms with E-state index >= 15 is 0 Å². The molecule has 3 N–H and O–H groups in total. The molecule has 0 aliphatic rings. The lowest BCUT2D eigenvalue weighted by atomic mass is 9.91. The third-order valence-corrected chi connectivity index (χ3v) is 5.57. The van der Waals surface area contributed by atoms with E-state index in [1.54, 1.807) is 0 Å². The van der Waals surface area contributed by atoms with Crippen LogP contribution in [0.2, 0.25) is 10.0 Å². The average Bonchev–Trinajstić information content (AvgIpc) is 2.70. The van der Waals surface area contributed by atoms with Crippen molar-refractivity contribution in [3.63, 3.8) is 0 Å². The summed E-state index contributed by atoms with van der Waals surface area (Å²) in [5.41, 5.74) is -9.32. The molecule has 0 unspecified atom stereocenters. The van der Waals surface area contributed by atoms with Crippen LogP contribution in [-0.2, 0) is 29.3 Å². The summed E-state index contributed by atoms with van der Waals surface area (Å²) in [6.45, 7) is -1.04. The Morgan fingerprint density at radius 1 is 0.914 bits per heavy atom. The molecular weight excluding hydrogens is 542 g/mol. The van der Waals surface area contributed by atoms with Gasteiger partial charge >= 0.3 is 18.5 Å². The molecule has 1 amide bonds. The number of amides is 1. The maximum absolute atomic E-state index is 13.8. The fraction of sp³-hybridized carbons (Fsp3) is 0.350. The van der Waals surface area contributed by atoms with Crippen LogP contribution in [0.15, 0.2) is 30.3 Å². The number of carbonyl (C=O) groups excluding carboxylic acids is 1. The van der Waals surface area contributed by atoms with Crippen molar-refractivity contribution in [3.05, 3.63) is 62.6 Å². The normalized spacial score (nSPS) is 14.4. The highest BCUT2D eigenvalue weighted by atomic mass is 35.5. The summed E-state index contributed by atoms with van der Waals surface area (Å²) in [5.74, 6) is -0.629. The minimum atomic E-state index is -5.59. The largest absolute Gasteiger partial charge is 0.423 e. The van der Waals surface area contributed by atoms with E-state index in [9.17, 15) is 49.4 Å². The third kappa shape index (κ3) is 6.64. The molecule has 4 nitrogen and oxygen atoms in total. The minimum absolute atomic E-state index is 0.0406. The zero-order valence-corrected chi connectivity index (χ0v) is 18.8. The molecule has 1 atom stereocenters. The maximum Gasteiger partial charge on any atom is 0.423 e. The van der Waals surface area contributed by atoms with E-state index in [1.807, 2.05) is 5.32 Å². The van der Waals surface area contributed by atoms with Crippen molar-refractivity contribution in [3.8, 4) is 0 Å². The quantitative estimate of drug-likeness (QED) is 0.354. The maximum atomic E-state index is 13.8. The van der Waals surface area contributed by atoms with Gasteiger partial charge in [0.1, 0.15) is 0 Å². The standard InChI is InChI=1S/C20H15Cl2F9N2O2/c1-9(34)32-7-10-2-3-12(6-13(10)18(23,24)25)33-8-17(35,20(29,30)31)11-4-14(19(26,27)28)16(22)15(21)5-11/h2-6,33,35H,7-8H2,1H3,(H,32,34)/t17-/m0/s1. The first-order valence-corrected chi connectivity index (χ1v) is 10.1. The van der Waals surface area contributed by atoms with E-state index in [-0.39, 0.29) is 6.07 Å². The summed E-state index contributed by atoms with van der Waals surface area (Å²) in [4.78, 5) is 11.0. The number of halogens is 11.